The molecule has 0 saturated heterocycles. The molecule has 5 heteroatoms. The van der Waals surface area contributed by atoms with Gasteiger partial charge in [-0.1, -0.05) is 6.07 Å². The summed E-state index contributed by atoms with van der Waals surface area (Å²) in [6.07, 6.45) is 4.48. The summed E-state index contributed by atoms with van der Waals surface area (Å²) in [7, 11) is 0. The Morgan fingerprint density at radius 3 is 2.70 bits per heavy atom. The molecule has 1 aliphatic carbocycles. The van der Waals surface area contributed by atoms with Crippen LogP contribution in [-0.2, 0) is 17.6 Å². The molecule has 1 aliphatic rings. The predicted octanol–water partition coefficient (Wildman–Crippen LogP) is 3.92. The van der Waals surface area contributed by atoms with Gasteiger partial charge in [-0.2, -0.15) is 0 Å². The zero-order valence-electron chi connectivity index (χ0n) is 16.0. The second-order valence-electron chi connectivity index (χ2n) is 7.08. The average molecular weight is 362 g/mol. The van der Waals surface area contributed by atoms with E-state index in [1.54, 1.807) is 0 Å². The Morgan fingerprint density at radius 2 is 1.96 bits per heavy atom. The van der Waals surface area contributed by atoms with E-state index in [1.807, 2.05) is 36.5 Å². The van der Waals surface area contributed by atoms with Crippen molar-refractivity contribution < 1.29 is 4.79 Å². The Kier molecular flexibility index (Phi) is 4.84. The largest absolute Gasteiger partial charge is 0.372 e. The molecule has 140 valence electrons. The third-order valence-corrected chi connectivity index (χ3v) is 5.52. The molecular weight excluding hydrogens is 336 g/mol. The summed E-state index contributed by atoms with van der Waals surface area (Å²) in [6.45, 7) is 6.26. The molecule has 2 aromatic heterocycles. The van der Waals surface area contributed by atoms with E-state index in [-0.39, 0.29) is 11.8 Å². The first-order valence-corrected chi connectivity index (χ1v) is 9.80. The number of pyridine rings is 1. The number of imidazole rings is 1. The van der Waals surface area contributed by atoms with Crippen LogP contribution in [0.1, 0.15) is 31.7 Å². The SMILES string of the molecule is CCN(CC)c1ccc(NC(=O)C2CCc3nc4ccccn4c3C2)cc1. The van der Waals surface area contributed by atoms with Gasteiger partial charge in [0.1, 0.15) is 5.65 Å². The number of fused-ring (bicyclic) bond motifs is 3. The van der Waals surface area contributed by atoms with Gasteiger partial charge in [0.05, 0.1) is 5.69 Å². The first kappa shape index (κ1) is 17.6. The van der Waals surface area contributed by atoms with Crippen LogP contribution in [0.2, 0.25) is 0 Å². The maximum Gasteiger partial charge on any atom is 0.227 e. The number of carbonyl (C=O) groups excluding carboxylic acids is 1. The predicted molar refractivity (Wildman–Crippen MR) is 109 cm³/mol. The molecule has 1 aromatic carbocycles. The molecule has 27 heavy (non-hydrogen) atoms. The number of aryl methyl sites for hydroxylation is 1. The first-order valence-electron chi connectivity index (χ1n) is 9.80. The van der Waals surface area contributed by atoms with E-state index >= 15 is 0 Å². The Morgan fingerprint density at radius 1 is 1.19 bits per heavy atom. The van der Waals surface area contributed by atoms with E-state index in [9.17, 15) is 4.79 Å². The van der Waals surface area contributed by atoms with Crippen molar-refractivity contribution in [2.45, 2.75) is 33.1 Å². The highest BCUT2D eigenvalue weighted by Crippen LogP contribution is 2.27. The Labute approximate surface area is 160 Å². The minimum atomic E-state index is -0.0138. The number of amides is 1. The molecule has 5 nitrogen and oxygen atoms in total. The Bertz CT molecular complexity index is 941. The van der Waals surface area contributed by atoms with Gasteiger partial charge < -0.3 is 14.6 Å². The van der Waals surface area contributed by atoms with Crippen molar-refractivity contribution in [2.75, 3.05) is 23.3 Å². The third kappa shape index (κ3) is 3.42. The van der Waals surface area contributed by atoms with Crippen LogP contribution in [0, 0.1) is 5.92 Å². The van der Waals surface area contributed by atoms with Crippen molar-refractivity contribution in [2.24, 2.45) is 5.92 Å². The van der Waals surface area contributed by atoms with Crippen molar-refractivity contribution >= 4 is 22.9 Å². The van der Waals surface area contributed by atoms with Crippen LogP contribution >= 0.6 is 0 Å². The van der Waals surface area contributed by atoms with Crippen molar-refractivity contribution in [1.29, 1.82) is 0 Å². The normalized spacial score (nSPS) is 16.1. The molecule has 0 aliphatic heterocycles. The van der Waals surface area contributed by atoms with E-state index in [1.165, 1.54) is 11.4 Å². The molecule has 0 radical (unpaired) electrons. The van der Waals surface area contributed by atoms with Gasteiger partial charge in [0.15, 0.2) is 0 Å². The number of aromatic nitrogens is 2. The number of nitrogens with one attached hydrogen (secondary N) is 1. The lowest BCUT2D eigenvalue weighted by Crippen LogP contribution is -2.28. The van der Waals surface area contributed by atoms with Gasteiger partial charge in [-0.15, -0.1) is 0 Å². The van der Waals surface area contributed by atoms with Crippen LogP contribution in [0.4, 0.5) is 11.4 Å². The van der Waals surface area contributed by atoms with E-state index in [0.717, 1.165) is 49.4 Å². The smallest absolute Gasteiger partial charge is 0.227 e. The Balaban J connectivity index is 1.46. The van der Waals surface area contributed by atoms with Crippen LogP contribution in [0.5, 0.6) is 0 Å². The average Bonchev–Trinajstić information content (AvgIpc) is 3.08. The second kappa shape index (κ2) is 7.43. The van der Waals surface area contributed by atoms with Gasteiger partial charge in [0.2, 0.25) is 5.91 Å². The lowest BCUT2D eigenvalue weighted by Gasteiger charge is -2.23. The number of anilines is 2. The molecule has 0 spiro atoms. The standard InChI is InChI=1S/C22H26N4O/c1-3-25(4-2)18-11-9-17(10-12-18)23-22(27)16-8-13-19-20(15-16)26-14-6-5-7-21(26)24-19/h5-7,9-12,14,16H,3-4,8,13,15H2,1-2H3,(H,23,27). The van der Waals surface area contributed by atoms with E-state index < -0.39 is 0 Å². The summed E-state index contributed by atoms with van der Waals surface area (Å²) >= 11 is 0. The summed E-state index contributed by atoms with van der Waals surface area (Å²) in [5.41, 5.74) is 5.32. The fourth-order valence-electron chi connectivity index (χ4n) is 3.97. The van der Waals surface area contributed by atoms with Gasteiger partial charge in [-0.25, -0.2) is 4.98 Å². The summed E-state index contributed by atoms with van der Waals surface area (Å²) in [6, 6.07) is 14.2. The molecule has 0 saturated carbocycles. The molecule has 1 unspecified atom stereocenters. The second-order valence-corrected chi connectivity index (χ2v) is 7.08. The van der Waals surface area contributed by atoms with Gasteiger partial charge in [-0.05, 0) is 63.1 Å². The molecule has 1 N–H and O–H groups in total. The van der Waals surface area contributed by atoms with Crippen molar-refractivity contribution in [3.05, 3.63) is 60.0 Å². The topological polar surface area (TPSA) is 49.6 Å². The minimum Gasteiger partial charge on any atom is -0.372 e. The first-order chi connectivity index (χ1) is 13.2. The third-order valence-electron chi connectivity index (χ3n) is 5.52. The fourth-order valence-corrected chi connectivity index (χ4v) is 3.97. The highest BCUT2D eigenvalue weighted by atomic mass is 16.1. The molecule has 1 atom stereocenters. The zero-order chi connectivity index (χ0) is 18.8. The molecular formula is C22H26N4O. The number of nitrogens with zero attached hydrogens (tertiary/aromatic N) is 3. The summed E-state index contributed by atoms with van der Waals surface area (Å²) < 4.78 is 2.12. The monoisotopic (exact) mass is 362 g/mol. The zero-order valence-corrected chi connectivity index (χ0v) is 16.0. The highest BCUT2D eigenvalue weighted by molar-refractivity contribution is 5.93. The van der Waals surface area contributed by atoms with E-state index in [2.05, 4.69) is 40.6 Å². The van der Waals surface area contributed by atoms with Crippen LogP contribution in [-0.4, -0.2) is 28.4 Å². The summed E-state index contributed by atoms with van der Waals surface area (Å²) in [5.74, 6) is 0.0854. The van der Waals surface area contributed by atoms with Gasteiger partial charge >= 0.3 is 0 Å². The number of rotatable bonds is 5. The molecule has 4 rings (SSSR count). The van der Waals surface area contributed by atoms with Crippen LogP contribution in [0.3, 0.4) is 0 Å². The van der Waals surface area contributed by atoms with Gasteiger partial charge in [0.25, 0.3) is 0 Å². The number of benzene rings is 1. The molecule has 0 fully saturated rings. The molecule has 2 heterocycles. The summed E-state index contributed by atoms with van der Waals surface area (Å²) in [5, 5.41) is 3.10. The van der Waals surface area contributed by atoms with Crippen LogP contribution < -0.4 is 10.2 Å². The van der Waals surface area contributed by atoms with Crippen molar-refractivity contribution in [3.63, 3.8) is 0 Å². The number of hydrogen-bond acceptors (Lipinski definition) is 3. The minimum absolute atomic E-state index is 0.0138. The highest BCUT2D eigenvalue weighted by Gasteiger charge is 2.28. The number of hydrogen-bond donors (Lipinski definition) is 1. The Hall–Kier alpha value is -2.82. The maximum atomic E-state index is 12.8. The molecule has 3 aromatic rings. The van der Waals surface area contributed by atoms with Crippen LogP contribution in [0.25, 0.3) is 5.65 Å². The lowest BCUT2D eigenvalue weighted by molar-refractivity contribution is -0.120. The van der Waals surface area contributed by atoms with Crippen LogP contribution in [0.15, 0.2) is 48.7 Å². The van der Waals surface area contributed by atoms with E-state index in [4.69, 9.17) is 4.98 Å². The fraction of sp³-hybridized carbons (Fsp3) is 0.364. The van der Waals surface area contributed by atoms with E-state index in [0.29, 0.717) is 0 Å². The summed E-state index contributed by atoms with van der Waals surface area (Å²) in [4.78, 5) is 19.8. The van der Waals surface area contributed by atoms with Gasteiger partial charge in [-0.3, -0.25) is 4.79 Å². The molecule has 0 bridgehead atoms. The van der Waals surface area contributed by atoms with Crippen molar-refractivity contribution in [3.8, 4) is 0 Å². The number of carbonyl (C=O) groups is 1. The maximum absolute atomic E-state index is 12.8. The quantitative estimate of drug-likeness (QED) is 0.748. The van der Waals surface area contributed by atoms with Gasteiger partial charge in [0, 0.05) is 48.7 Å². The lowest BCUT2D eigenvalue weighted by atomic mass is 9.89. The van der Waals surface area contributed by atoms with Crippen molar-refractivity contribution in [1.82, 2.24) is 9.38 Å². The molecule has 1 amide bonds.